The Morgan fingerprint density at radius 1 is 1.41 bits per heavy atom. The minimum atomic E-state index is -4.38. The predicted octanol–water partition coefficient (Wildman–Crippen LogP) is 3.20. The van der Waals surface area contributed by atoms with Gasteiger partial charge in [0, 0.05) is 0 Å². The summed E-state index contributed by atoms with van der Waals surface area (Å²) in [7, 11) is 0. The van der Waals surface area contributed by atoms with Gasteiger partial charge in [0.15, 0.2) is 0 Å². The van der Waals surface area contributed by atoms with E-state index in [1.807, 2.05) is 0 Å². The van der Waals surface area contributed by atoms with Crippen LogP contribution in [0.3, 0.4) is 0 Å². The van der Waals surface area contributed by atoms with Gasteiger partial charge in [0.05, 0.1) is 11.5 Å². The Morgan fingerprint density at radius 3 is 2.53 bits per heavy atom. The number of aliphatic carboxylic acids is 1. The third-order valence-electron chi connectivity index (χ3n) is 3.10. The largest absolute Gasteiger partial charge is 0.481 e. The summed E-state index contributed by atoms with van der Waals surface area (Å²) in [6.07, 6.45) is -3.95. The van der Waals surface area contributed by atoms with Gasteiger partial charge >= 0.3 is 12.1 Å². The standard InChI is InChI=1S/C12H11F3O2/c1-6-2-3-7(4-10(6)12(13,14)15)8-5-9(8)11(16)17/h2-4,8-9H,5H2,1H3,(H,16,17). The molecule has 0 heterocycles. The molecule has 1 aliphatic carbocycles. The molecule has 2 rings (SSSR count). The molecular formula is C12H11F3O2. The third kappa shape index (κ3) is 2.28. The van der Waals surface area contributed by atoms with E-state index in [9.17, 15) is 18.0 Å². The summed E-state index contributed by atoms with van der Waals surface area (Å²) < 4.78 is 38.0. The molecule has 17 heavy (non-hydrogen) atoms. The molecule has 0 aromatic heterocycles. The van der Waals surface area contributed by atoms with Crippen LogP contribution in [0, 0.1) is 12.8 Å². The molecule has 1 aromatic rings. The van der Waals surface area contributed by atoms with Crippen LogP contribution in [0.1, 0.15) is 29.0 Å². The lowest BCUT2D eigenvalue weighted by Crippen LogP contribution is -2.08. The first kappa shape index (κ1) is 12.0. The Bertz CT molecular complexity index is 465. The molecule has 1 N–H and O–H groups in total. The molecule has 0 aliphatic heterocycles. The van der Waals surface area contributed by atoms with E-state index in [0.717, 1.165) is 6.07 Å². The van der Waals surface area contributed by atoms with Crippen molar-refractivity contribution in [2.24, 2.45) is 5.92 Å². The molecule has 1 aliphatic rings. The van der Waals surface area contributed by atoms with E-state index >= 15 is 0 Å². The molecule has 0 amide bonds. The third-order valence-corrected chi connectivity index (χ3v) is 3.10. The monoisotopic (exact) mass is 244 g/mol. The smallest absolute Gasteiger partial charge is 0.416 e. The number of halogens is 3. The summed E-state index contributed by atoms with van der Waals surface area (Å²) in [4.78, 5) is 10.7. The highest BCUT2D eigenvalue weighted by atomic mass is 19.4. The lowest BCUT2D eigenvalue weighted by Gasteiger charge is -2.11. The van der Waals surface area contributed by atoms with Crippen LogP contribution in [-0.2, 0) is 11.0 Å². The Kier molecular flexibility index (Phi) is 2.64. The Labute approximate surface area is 96.1 Å². The first-order chi connectivity index (χ1) is 7.80. The molecule has 92 valence electrons. The van der Waals surface area contributed by atoms with Gasteiger partial charge in [-0.25, -0.2) is 0 Å². The van der Waals surface area contributed by atoms with Crippen LogP contribution in [0.5, 0.6) is 0 Å². The molecule has 5 heteroatoms. The molecule has 0 spiro atoms. The minimum absolute atomic E-state index is 0.161. The van der Waals surface area contributed by atoms with Gasteiger partial charge in [0.1, 0.15) is 0 Å². The van der Waals surface area contributed by atoms with Gasteiger partial charge < -0.3 is 5.11 Å². The van der Waals surface area contributed by atoms with Crippen molar-refractivity contribution >= 4 is 5.97 Å². The highest BCUT2D eigenvalue weighted by Gasteiger charge is 2.45. The maximum absolute atomic E-state index is 12.7. The second kappa shape index (κ2) is 3.75. The Hall–Kier alpha value is -1.52. The fourth-order valence-electron chi connectivity index (χ4n) is 2.01. The lowest BCUT2D eigenvalue weighted by molar-refractivity contribution is -0.139. The van der Waals surface area contributed by atoms with E-state index < -0.39 is 23.6 Å². The zero-order valence-corrected chi connectivity index (χ0v) is 9.08. The number of aryl methyl sites for hydroxylation is 1. The van der Waals surface area contributed by atoms with Crippen molar-refractivity contribution in [3.63, 3.8) is 0 Å². The molecule has 1 fully saturated rings. The summed E-state index contributed by atoms with van der Waals surface area (Å²) in [5.41, 5.74) is -0.0462. The zero-order valence-electron chi connectivity index (χ0n) is 9.08. The van der Waals surface area contributed by atoms with Crippen molar-refractivity contribution in [3.8, 4) is 0 Å². The molecule has 2 unspecified atom stereocenters. The van der Waals surface area contributed by atoms with Crippen molar-refractivity contribution < 1.29 is 23.1 Å². The fraction of sp³-hybridized carbons (Fsp3) is 0.417. The fourth-order valence-corrected chi connectivity index (χ4v) is 2.01. The number of rotatable bonds is 2. The number of carbonyl (C=O) groups is 1. The zero-order chi connectivity index (χ0) is 12.8. The summed E-state index contributed by atoms with van der Waals surface area (Å²) >= 11 is 0. The van der Waals surface area contributed by atoms with Crippen LogP contribution in [0.4, 0.5) is 13.2 Å². The highest BCUT2D eigenvalue weighted by molar-refractivity contribution is 5.75. The van der Waals surface area contributed by atoms with E-state index in [0.29, 0.717) is 12.0 Å². The second-order valence-electron chi connectivity index (χ2n) is 4.36. The van der Waals surface area contributed by atoms with Crippen molar-refractivity contribution in [1.29, 1.82) is 0 Å². The van der Waals surface area contributed by atoms with E-state index in [2.05, 4.69) is 0 Å². The van der Waals surface area contributed by atoms with Gasteiger partial charge in [-0.3, -0.25) is 4.79 Å². The SMILES string of the molecule is Cc1ccc(C2CC2C(=O)O)cc1C(F)(F)F. The first-order valence-corrected chi connectivity index (χ1v) is 5.21. The van der Waals surface area contributed by atoms with E-state index in [-0.39, 0.29) is 11.5 Å². The summed E-state index contributed by atoms with van der Waals surface area (Å²) in [5, 5.41) is 8.75. The maximum atomic E-state index is 12.7. The van der Waals surface area contributed by atoms with Crippen LogP contribution in [0.15, 0.2) is 18.2 Å². The van der Waals surface area contributed by atoms with Crippen LogP contribution in [-0.4, -0.2) is 11.1 Å². The van der Waals surface area contributed by atoms with Gasteiger partial charge in [0.2, 0.25) is 0 Å². The number of carboxylic acids is 1. The van der Waals surface area contributed by atoms with Gasteiger partial charge in [-0.15, -0.1) is 0 Å². The van der Waals surface area contributed by atoms with Crippen LogP contribution in [0.2, 0.25) is 0 Å². The number of hydrogen-bond acceptors (Lipinski definition) is 1. The molecule has 0 bridgehead atoms. The van der Waals surface area contributed by atoms with Gasteiger partial charge in [-0.1, -0.05) is 12.1 Å². The maximum Gasteiger partial charge on any atom is 0.416 e. The quantitative estimate of drug-likeness (QED) is 0.867. The van der Waals surface area contributed by atoms with E-state index in [4.69, 9.17) is 5.11 Å². The lowest BCUT2D eigenvalue weighted by atomic mass is 10.0. The van der Waals surface area contributed by atoms with Crippen LogP contribution >= 0.6 is 0 Å². The topological polar surface area (TPSA) is 37.3 Å². The van der Waals surface area contributed by atoms with Crippen molar-refractivity contribution in [3.05, 3.63) is 34.9 Å². The minimum Gasteiger partial charge on any atom is -0.481 e. The average Bonchev–Trinajstić information content (AvgIpc) is 2.96. The van der Waals surface area contributed by atoms with Gasteiger partial charge in [0.25, 0.3) is 0 Å². The molecule has 2 nitrogen and oxygen atoms in total. The Balaban J connectivity index is 2.30. The average molecular weight is 244 g/mol. The first-order valence-electron chi connectivity index (χ1n) is 5.21. The number of carboxylic acid groups (broad SMARTS) is 1. The summed E-state index contributed by atoms with van der Waals surface area (Å²) in [6, 6.07) is 4.05. The molecular weight excluding hydrogens is 233 g/mol. The van der Waals surface area contributed by atoms with Crippen molar-refractivity contribution in [2.45, 2.75) is 25.4 Å². The highest BCUT2D eigenvalue weighted by Crippen LogP contribution is 2.48. The van der Waals surface area contributed by atoms with E-state index in [1.165, 1.54) is 13.0 Å². The van der Waals surface area contributed by atoms with Gasteiger partial charge in [-0.2, -0.15) is 13.2 Å². The molecule has 0 saturated heterocycles. The number of hydrogen-bond donors (Lipinski definition) is 1. The van der Waals surface area contributed by atoms with Crippen molar-refractivity contribution in [1.82, 2.24) is 0 Å². The Morgan fingerprint density at radius 2 is 2.06 bits per heavy atom. The van der Waals surface area contributed by atoms with Crippen LogP contribution < -0.4 is 0 Å². The number of benzene rings is 1. The molecule has 1 aromatic carbocycles. The predicted molar refractivity (Wildman–Crippen MR) is 54.7 cm³/mol. The summed E-state index contributed by atoms with van der Waals surface area (Å²) in [5.74, 6) is -1.74. The van der Waals surface area contributed by atoms with Gasteiger partial charge in [-0.05, 0) is 36.5 Å². The number of alkyl halides is 3. The van der Waals surface area contributed by atoms with Crippen molar-refractivity contribution in [2.75, 3.05) is 0 Å². The molecule has 2 atom stereocenters. The second-order valence-corrected chi connectivity index (χ2v) is 4.36. The molecule has 1 saturated carbocycles. The van der Waals surface area contributed by atoms with E-state index in [1.54, 1.807) is 6.07 Å². The molecule has 0 radical (unpaired) electrons. The van der Waals surface area contributed by atoms with Crippen LogP contribution in [0.25, 0.3) is 0 Å². The normalized spacial score (nSPS) is 23.5. The summed E-state index contributed by atoms with van der Waals surface area (Å²) in [6.45, 7) is 1.40.